The molecule has 1 aromatic carbocycles. The van der Waals surface area contributed by atoms with Crippen LogP contribution in [0.4, 0.5) is 5.69 Å². The highest BCUT2D eigenvalue weighted by Gasteiger charge is 2.17. The summed E-state index contributed by atoms with van der Waals surface area (Å²) in [6.07, 6.45) is 2.95. The van der Waals surface area contributed by atoms with Crippen molar-refractivity contribution in [1.82, 2.24) is 10.3 Å². The van der Waals surface area contributed by atoms with Crippen LogP contribution in [-0.2, 0) is 0 Å². The topological polar surface area (TPSA) is 46.2 Å². The second-order valence-corrected chi connectivity index (χ2v) is 4.55. The Morgan fingerprint density at radius 1 is 1.37 bits per heavy atom. The van der Waals surface area contributed by atoms with E-state index < -0.39 is 0 Å². The zero-order valence-corrected chi connectivity index (χ0v) is 11.7. The number of ether oxygens (including phenoxy) is 1. The summed E-state index contributed by atoms with van der Waals surface area (Å²) in [6, 6.07) is 8.46. The number of methoxy groups -OCH3 is 1. The van der Waals surface area contributed by atoms with E-state index >= 15 is 0 Å². The van der Waals surface area contributed by atoms with Gasteiger partial charge in [-0.3, -0.25) is 4.98 Å². The van der Waals surface area contributed by atoms with Crippen LogP contribution in [0, 0.1) is 0 Å². The number of nitrogens with zero attached hydrogens (tertiary/aromatic N) is 1. The summed E-state index contributed by atoms with van der Waals surface area (Å²) < 4.78 is 5.45. The molecule has 0 aliphatic carbocycles. The lowest BCUT2D eigenvalue weighted by molar-refractivity contribution is 0.416. The number of aromatic nitrogens is 1. The molecule has 0 spiro atoms. The average molecular weight is 280 g/mol. The zero-order chi connectivity index (χ0) is 12.4. The molecule has 1 fully saturated rings. The summed E-state index contributed by atoms with van der Waals surface area (Å²) in [5.41, 5.74) is 2.04. The Morgan fingerprint density at radius 3 is 3.00 bits per heavy atom. The number of anilines is 1. The molecule has 1 saturated heterocycles. The third-order valence-electron chi connectivity index (χ3n) is 3.38. The molecule has 102 valence electrons. The van der Waals surface area contributed by atoms with Crippen LogP contribution in [0.25, 0.3) is 10.9 Å². The Kier molecular flexibility index (Phi) is 4.45. The molecule has 5 heteroatoms. The number of hydrogen-bond donors (Lipinski definition) is 2. The van der Waals surface area contributed by atoms with E-state index in [1.165, 1.54) is 0 Å². The Hall–Kier alpha value is -1.52. The van der Waals surface area contributed by atoms with Gasteiger partial charge in [0.2, 0.25) is 0 Å². The van der Waals surface area contributed by atoms with Crippen LogP contribution in [0.3, 0.4) is 0 Å². The largest absolute Gasteiger partial charge is 0.495 e. The maximum absolute atomic E-state index is 5.45. The molecule has 1 atom stereocenters. The van der Waals surface area contributed by atoms with Gasteiger partial charge in [-0.15, -0.1) is 12.4 Å². The van der Waals surface area contributed by atoms with Crippen LogP contribution in [0.2, 0.25) is 0 Å². The number of benzene rings is 1. The summed E-state index contributed by atoms with van der Waals surface area (Å²) in [6.45, 7) is 2.07. The molecule has 1 aliphatic heterocycles. The smallest absolute Gasteiger partial charge is 0.142 e. The molecule has 0 saturated carbocycles. The lowest BCUT2D eigenvalue weighted by Crippen LogP contribution is -2.22. The molecule has 0 radical (unpaired) electrons. The van der Waals surface area contributed by atoms with Crippen LogP contribution >= 0.6 is 12.4 Å². The van der Waals surface area contributed by atoms with Gasteiger partial charge in [0.25, 0.3) is 0 Å². The number of fused-ring (bicyclic) bond motifs is 1. The summed E-state index contributed by atoms with van der Waals surface area (Å²) in [7, 11) is 1.70. The maximum atomic E-state index is 5.45. The maximum Gasteiger partial charge on any atom is 0.142 e. The Labute approximate surface area is 119 Å². The number of nitrogens with one attached hydrogen (secondary N) is 2. The first-order valence-electron chi connectivity index (χ1n) is 6.27. The molecule has 1 unspecified atom stereocenters. The van der Waals surface area contributed by atoms with Gasteiger partial charge >= 0.3 is 0 Å². The van der Waals surface area contributed by atoms with Crippen LogP contribution in [-0.4, -0.2) is 31.2 Å². The van der Waals surface area contributed by atoms with Gasteiger partial charge in [0.05, 0.1) is 18.3 Å². The molecule has 1 aliphatic rings. The van der Waals surface area contributed by atoms with Crippen LogP contribution in [0.1, 0.15) is 6.42 Å². The summed E-state index contributed by atoms with van der Waals surface area (Å²) in [5, 5.41) is 8.05. The number of rotatable bonds is 3. The van der Waals surface area contributed by atoms with Crippen molar-refractivity contribution < 1.29 is 4.74 Å². The fraction of sp³-hybridized carbons (Fsp3) is 0.357. The van der Waals surface area contributed by atoms with Gasteiger partial charge in [-0.1, -0.05) is 0 Å². The van der Waals surface area contributed by atoms with E-state index in [-0.39, 0.29) is 12.4 Å². The Bertz CT molecular complexity index is 555. The molecule has 0 amide bonds. The van der Waals surface area contributed by atoms with Crippen LogP contribution in [0.15, 0.2) is 30.5 Å². The van der Waals surface area contributed by atoms with Crippen molar-refractivity contribution in [1.29, 1.82) is 0 Å². The van der Waals surface area contributed by atoms with E-state index in [0.29, 0.717) is 6.04 Å². The lowest BCUT2D eigenvalue weighted by atomic mass is 10.1. The fourth-order valence-electron chi connectivity index (χ4n) is 2.43. The quantitative estimate of drug-likeness (QED) is 0.906. The molecule has 3 rings (SSSR count). The van der Waals surface area contributed by atoms with Crippen molar-refractivity contribution in [2.45, 2.75) is 12.5 Å². The summed E-state index contributed by atoms with van der Waals surface area (Å²) in [5.74, 6) is 0.877. The van der Waals surface area contributed by atoms with Gasteiger partial charge in [-0.25, -0.2) is 0 Å². The molecule has 0 bridgehead atoms. The van der Waals surface area contributed by atoms with Crippen LogP contribution in [0.5, 0.6) is 5.75 Å². The molecule has 2 N–H and O–H groups in total. The molecule has 2 heterocycles. The minimum atomic E-state index is 0. The highest BCUT2D eigenvalue weighted by molar-refractivity contribution is 5.94. The van der Waals surface area contributed by atoms with Crippen molar-refractivity contribution in [2.24, 2.45) is 0 Å². The minimum absolute atomic E-state index is 0. The van der Waals surface area contributed by atoms with Gasteiger partial charge in [0.1, 0.15) is 5.75 Å². The van der Waals surface area contributed by atoms with E-state index in [1.54, 1.807) is 7.11 Å². The third-order valence-corrected chi connectivity index (χ3v) is 3.38. The first kappa shape index (κ1) is 13.9. The van der Waals surface area contributed by atoms with Crippen molar-refractivity contribution in [2.75, 3.05) is 25.5 Å². The second-order valence-electron chi connectivity index (χ2n) is 4.55. The van der Waals surface area contributed by atoms with Crippen LogP contribution < -0.4 is 15.4 Å². The van der Waals surface area contributed by atoms with E-state index in [9.17, 15) is 0 Å². The van der Waals surface area contributed by atoms with Gasteiger partial charge in [-0.2, -0.15) is 0 Å². The normalized spacial score (nSPS) is 18.1. The van der Waals surface area contributed by atoms with E-state index in [0.717, 1.165) is 41.9 Å². The standard InChI is InChI=1S/C14H17N3O.ClH/c1-18-13-5-4-12-11(3-2-7-16-12)14(13)17-10-6-8-15-9-10;/h2-5,7,10,15,17H,6,8-9H2,1H3;1H. The predicted molar refractivity (Wildman–Crippen MR) is 80.4 cm³/mol. The van der Waals surface area contributed by atoms with Gasteiger partial charge in [-0.05, 0) is 37.2 Å². The fourth-order valence-corrected chi connectivity index (χ4v) is 2.43. The average Bonchev–Trinajstić information content (AvgIpc) is 2.92. The molecule has 1 aromatic heterocycles. The SMILES string of the molecule is COc1ccc2ncccc2c1NC1CCNC1.Cl. The minimum Gasteiger partial charge on any atom is -0.495 e. The number of hydrogen-bond acceptors (Lipinski definition) is 4. The summed E-state index contributed by atoms with van der Waals surface area (Å²) in [4.78, 5) is 4.38. The van der Waals surface area contributed by atoms with Crippen molar-refractivity contribution >= 4 is 29.0 Å². The lowest BCUT2D eigenvalue weighted by Gasteiger charge is -2.17. The molecular formula is C14H18ClN3O. The predicted octanol–water partition coefficient (Wildman–Crippen LogP) is 2.44. The highest BCUT2D eigenvalue weighted by Crippen LogP contribution is 2.33. The van der Waals surface area contributed by atoms with Crippen molar-refractivity contribution in [3.05, 3.63) is 30.5 Å². The number of halogens is 1. The first-order valence-corrected chi connectivity index (χ1v) is 6.27. The second kappa shape index (κ2) is 6.08. The number of pyridine rings is 1. The van der Waals surface area contributed by atoms with Crippen molar-refractivity contribution in [3.8, 4) is 5.75 Å². The summed E-state index contributed by atoms with van der Waals surface area (Å²) >= 11 is 0. The van der Waals surface area contributed by atoms with Gasteiger partial charge in [0, 0.05) is 24.2 Å². The third kappa shape index (κ3) is 2.74. The van der Waals surface area contributed by atoms with Gasteiger partial charge < -0.3 is 15.4 Å². The highest BCUT2D eigenvalue weighted by atomic mass is 35.5. The van der Waals surface area contributed by atoms with E-state index in [4.69, 9.17) is 4.74 Å². The zero-order valence-electron chi connectivity index (χ0n) is 10.8. The van der Waals surface area contributed by atoms with Crippen molar-refractivity contribution in [3.63, 3.8) is 0 Å². The molecule has 4 nitrogen and oxygen atoms in total. The molecule has 19 heavy (non-hydrogen) atoms. The van der Waals surface area contributed by atoms with E-state index in [1.807, 2.05) is 24.4 Å². The Balaban J connectivity index is 0.00000133. The monoisotopic (exact) mass is 279 g/mol. The Morgan fingerprint density at radius 2 is 2.26 bits per heavy atom. The van der Waals surface area contributed by atoms with E-state index in [2.05, 4.69) is 21.7 Å². The molecular weight excluding hydrogens is 262 g/mol. The first-order chi connectivity index (χ1) is 8.88. The van der Waals surface area contributed by atoms with Gasteiger partial charge in [0.15, 0.2) is 0 Å². The molecule has 2 aromatic rings.